The zero-order valence-electron chi connectivity index (χ0n) is 22.6. The summed E-state index contributed by atoms with van der Waals surface area (Å²) in [5.41, 5.74) is 4.29. The van der Waals surface area contributed by atoms with Crippen molar-refractivity contribution in [2.75, 3.05) is 13.7 Å². The summed E-state index contributed by atoms with van der Waals surface area (Å²) in [6, 6.07) is 15.6. The Morgan fingerprint density at radius 3 is 2.54 bits per heavy atom. The number of nitrogens with zero attached hydrogens (tertiary/aromatic N) is 3. The molecule has 1 aliphatic rings. The molecule has 4 aromatic rings. The number of halogens is 1. The molecule has 2 heterocycles. The average Bonchev–Trinajstić information content (AvgIpc) is 3.36. The van der Waals surface area contributed by atoms with Gasteiger partial charge in [-0.25, -0.2) is 9.78 Å². The van der Waals surface area contributed by atoms with E-state index in [9.17, 15) is 9.90 Å². The predicted octanol–water partition coefficient (Wildman–Crippen LogP) is 6.46. The molecule has 1 amide bonds. The highest BCUT2D eigenvalue weighted by atomic mass is 35.5. The second kappa shape index (κ2) is 10.9. The van der Waals surface area contributed by atoms with Gasteiger partial charge in [0.05, 0.1) is 42.2 Å². The van der Waals surface area contributed by atoms with E-state index in [-0.39, 0.29) is 18.6 Å². The summed E-state index contributed by atoms with van der Waals surface area (Å²) in [5, 5.41) is 18.5. The van der Waals surface area contributed by atoms with Crippen LogP contribution in [0.2, 0.25) is 5.02 Å². The van der Waals surface area contributed by atoms with Crippen LogP contribution < -0.4 is 4.74 Å². The van der Waals surface area contributed by atoms with Gasteiger partial charge in [0.1, 0.15) is 5.60 Å². The molecule has 2 aromatic carbocycles. The fourth-order valence-electron chi connectivity index (χ4n) is 4.94. The van der Waals surface area contributed by atoms with Gasteiger partial charge in [-0.1, -0.05) is 48.0 Å². The normalized spacial score (nSPS) is 17.1. The number of aliphatic hydroxyl groups is 1. The van der Waals surface area contributed by atoms with E-state index in [0.717, 1.165) is 33.2 Å². The number of pyridine rings is 1. The fraction of sp³-hybridized carbons (Fsp3) is 0.367. The SMILES string of the molecule is COc1nc(-c2cccc(-c3cccc4cn[nH]c34)c2Cl)ccc1CN(C[C@H]1C[C@@H](O)C1)C(=O)OC(C)(C)C. The van der Waals surface area contributed by atoms with Crippen LogP contribution in [0, 0.1) is 5.92 Å². The Bertz CT molecular complexity index is 1490. The van der Waals surface area contributed by atoms with Crippen molar-refractivity contribution in [3.8, 4) is 28.3 Å². The van der Waals surface area contributed by atoms with E-state index in [0.29, 0.717) is 36.0 Å². The number of carbonyl (C=O) groups is 1. The van der Waals surface area contributed by atoms with Crippen molar-refractivity contribution in [1.82, 2.24) is 20.1 Å². The lowest BCUT2D eigenvalue weighted by atomic mass is 9.82. The number of fused-ring (bicyclic) bond motifs is 1. The number of aromatic nitrogens is 3. The second-order valence-electron chi connectivity index (χ2n) is 11.0. The second-order valence-corrected chi connectivity index (χ2v) is 11.4. The first kappa shape index (κ1) is 27.0. The zero-order valence-corrected chi connectivity index (χ0v) is 23.3. The minimum atomic E-state index is -0.622. The third-order valence-corrected chi connectivity index (χ3v) is 7.28. The Kier molecular flexibility index (Phi) is 7.51. The molecule has 0 bridgehead atoms. The van der Waals surface area contributed by atoms with Gasteiger partial charge in [0.2, 0.25) is 5.88 Å². The van der Waals surface area contributed by atoms with Gasteiger partial charge < -0.3 is 19.5 Å². The topological polar surface area (TPSA) is 101 Å². The summed E-state index contributed by atoms with van der Waals surface area (Å²) in [6.07, 6.45) is 2.43. The Balaban J connectivity index is 1.45. The highest BCUT2D eigenvalue weighted by Crippen LogP contribution is 2.39. The minimum absolute atomic E-state index is 0.228. The van der Waals surface area contributed by atoms with Gasteiger partial charge in [-0.15, -0.1) is 0 Å². The molecule has 1 saturated carbocycles. The van der Waals surface area contributed by atoms with Gasteiger partial charge in [0, 0.05) is 34.2 Å². The molecule has 204 valence electrons. The van der Waals surface area contributed by atoms with Crippen LogP contribution in [0.3, 0.4) is 0 Å². The van der Waals surface area contributed by atoms with E-state index in [2.05, 4.69) is 10.2 Å². The largest absolute Gasteiger partial charge is 0.481 e. The third kappa shape index (κ3) is 5.87. The van der Waals surface area contributed by atoms with Crippen LogP contribution in [-0.2, 0) is 11.3 Å². The lowest BCUT2D eigenvalue weighted by Gasteiger charge is -2.36. The number of aromatic amines is 1. The number of benzene rings is 2. The summed E-state index contributed by atoms with van der Waals surface area (Å²) >= 11 is 6.95. The molecule has 0 aliphatic heterocycles. The molecule has 0 atom stereocenters. The molecule has 0 spiro atoms. The van der Waals surface area contributed by atoms with Crippen LogP contribution >= 0.6 is 11.6 Å². The lowest BCUT2D eigenvalue weighted by molar-refractivity contribution is -0.00238. The number of rotatable bonds is 7. The van der Waals surface area contributed by atoms with Crippen LogP contribution in [0.5, 0.6) is 5.88 Å². The van der Waals surface area contributed by atoms with E-state index in [1.165, 1.54) is 0 Å². The van der Waals surface area contributed by atoms with Crippen molar-refractivity contribution in [2.24, 2.45) is 5.92 Å². The first-order valence-corrected chi connectivity index (χ1v) is 13.4. The van der Waals surface area contributed by atoms with Crippen molar-refractivity contribution in [1.29, 1.82) is 0 Å². The smallest absolute Gasteiger partial charge is 0.410 e. The molecule has 2 N–H and O–H groups in total. The maximum Gasteiger partial charge on any atom is 0.410 e. The van der Waals surface area contributed by atoms with Crippen molar-refractivity contribution in [3.05, 3.63) is 65.3 Å². The summed E-state index contributed by atoms with van der Waals surface area (Å²) < 4.78 is 11.3. The standard InChI is InChI=1S/C30H33ClN4O4/c1-30(2,3)39-29(37)35(16-18-13-21(36)14-18)17-20-11-12-25(33-28(20)38-4)24-10-6-8-22(26(24)31)23-9-5-7-19-15-32-34-27(19)23/h5-12,15,18,21,36H,13-14,16-17H2,1-4H3,(H,32,34)/t18-,21+. The highest BCUT2D eigenvalue weighted by molar-refractivity contribution is 6.36. The van der Waals surface area contributed by atoms with E-state index < -0.39 is 11.7 Å². The first-order valence-electron chi connectivity index (χ1n) is 13.0. The number of aliphatic hydroxyl groups excluding tert-OH is 1. The number of H-pyrrole nitrogens is 1. The van der Waals surface area contributed by atoms with Crippen molar-refractivity contribution >= 4 is 28.6 Å². The number of nitrogens with one attached hydrogen (secondary N) is 1. The van der Waals surface area contributed by atoms with Gasteiger partial charge in [-0.05, 0) is 51.7 Å². The molecule has 1 aliphatic carbocycles. The Labute approximate surface area is 232 Å². The van der Waals surface area contributed by atoms with Gasteiger partial charge in [-0.2, -0.15) is 5.10 Å². The number of para-hydroxylation sites is 1. The van der Waals surface area contributed by atoms with Crippen LogP contribution in [0.1, 0.15) is 39.2 Å². The van der Waals surface area contributed by atoms with Gasteiger partial charge in [-0.3, -0.25) is 5.10 Å². The molecule has 2 aromatic heterocycles. The summed E-state index contributed by atoms with van der Waals surface area (Å²) in [4.78, 5) is 19.5. The van der Waals surface area contributed by atoms with Crippen LogP contribution in [0.25, 0.3) is 33.3 Å². The number of carbonyl (C=O) groups excluding carboxylic acids is 1. The maximum absolute atomic E-state index is 13.1. The van der Waals surface area contributed by atoms with E-state index >= 15 is 0 Å². The first-order chi connectivity index (χ1) is 18.6. The Morgan fingerprint density at radius 1 is 1.10 bits per heavy atom. The molecular formula is C30H33ClN4O4. The highest BCUT2D eigenvalue weighted by Gasteiger charge is 2.32. The average molecular weight is 549 g/mol. The van der Waals surface area contributed by atoms with E-state index in [1.807, 2.05) is 69.3 Å². The van der Waals surface area contributed by atoms with Crippen molar-refractivity contribution < 1.29 is 19.4 Å². The Morgan fingerprint density at radius 2 is 1.82 bits per heavy atom. The zero-order chi connectivity index (χ0) is 27.7. The maximum atomic E-state index is 13.1. The number of amides is 1. The van der Waals surface area contributed by atoms with Crippen molar-refractivity contribution in [2.45, 2.75) is 51.9 Å². The van der Waals surface area contributed by atoms with Gasteiger partial charge >= 0.3 is 6.09 Å². The van der Waals surface area contributed by atoms with Crippen LogP contribution in [0.15, 0.2) is 54.7 Å². The molecule has 1 fully saturated rings. The van der Waals surface area contributed by atoms with Gasteiger partial charge in [0.25, 0.3) is 0 Å². The number of hydrogen-bond acceptors (Lipinski definition) is 6. The number of methoxy groups -OCH3 is 1. The van der Waals surface area contributed by atoms with Crippen LogP contribution in [0.4, 0.5) is 4.79 Å². The monoisotopic (exact) mass is 548 g/mol. The molecule has 8 nitrogen and oxygen atoms in total. The summed E-state index contributed by atoms with van der Waals surface area (Å²) in [6.45, 7) is 6.30. The molecule has 0 saturated heterocycles. The van der Waals surface area contributed by atoms with Gasteiger partial charge in [0.15, 0.2) is 0 Å². The van der Waals surface area contributed by atoms with E-state index in [4.69, 9.17) is 26.1 Å². The number of ether oxygens (including phenoxy) is 2. The summed E-state index contributed by atoms with van der Waals surface area (Å²) in [5.74, 6) is 0.637. The molecule has 0 radical (unpaired) electrons. The molecule has 0 unspecified atom stereocenters. The minimum Gasteiger partial charge on any atom is -0.481 e. The Hall–Kier alpha value is -3.62. The molecule has 9 heteroatoms. The van der Waals surface area contributed by atoms with Crippen molar-refractivity contribution in [3.63, 3.8) is 0 Å². The quantitative estimate of drug-likeness (QED) is 0.275. The third-order valence-electron chi connectivity index (χ3n) is 6.88. The summed E-state index contributed by atoms with van der Waals surface area (Å²) in [7, 11) is 1.56. The van der Waals surface area contributed by atoms with E-state index in [1.54, 1.807) is 18.2 Å². The lowest BCUT2D eigenvalue weighted by Crippen LogP contribution is -2.43. The molecule has 39 heavy (non-hydrogen) atoms. The number of hydrogen-bond donors (Lipinski definition) is 2. The van der Waals surface area contributed by atoms with Crippen LogP contribution in [-0.4, -0.2) is 56.6 Å². The molecule has 5 rings (SSSR count). The fourth-order valence-corrected chi connectivity index (χ4v) is 5.27. The predicted molar refractivity (Wildman–Crippen MR) is 152 cm³/mol. The molecular weight excluding hydrogens is 516 g/mol.